The SMILES string of the molecule is CCOC(=O)c1nnn(Cc2cc(Cl)ccc2F)c1CCl. The van der Waals surface area contributed by atoms with Crippen LogP contribution in [0.2, 0.25) is 5.02 Å². The van der Waals surface area contributed by atoms with E-state index in [4.69, 9.17) is 27.9 Å². The van der Waals surface area contributed by atoms with Crippen molar-refractivity contribution in [1.82, 2.24) is 15.0 Å². The molecule has 0 spiro atoms. The number of hydrogen-bond donors (Lipinski definition) is 0. The lowest BCUT2D eigenvalue weighted by Crippen LogP contribution is -2.11. The first-order chi connectivity index (χ1) is 10.1. The molecule has 0 aliphatic carbocycles. The number of alkyl halides is 1. The predicted octanol–water partition coefficient (Wildman–Crippen LogP) is 3.03. The number of carbonyl (C=O) groups is 1. The Morgan fingerprint density at radius 3 is 2.90 bits per heavy atom. The average Bonchev–Trinajstić information content (AvgIpc) is 2.86. The average molecular weight is 332 g/mol. The molecule has 2 rings (SSSR count). The van der Waals surface area contributed by atoms with Crippen LogP contribution in [0.4, 0.5) is 4.39 Å². The fourth-order valence-electron chi connectivity index (χ4n) is 1.78. The zero-order valence-electron chi connectivity index (χ0n) is 11.1. The molecule has 2 aromatic rings. The van der Waals surface area contributed by atoms with Crippen molar-refractivity contribution in [3.63, 3.8) is 0 Å². The number of hydrogen-bond acceptors (Lipinski definition) is 4. The molecule has 0 aliphatic rings. The van der Waals surface area contributed by atoms with Crippen LogP contribution in [0.3, 0.4) is 0 Å². The molecule has 8 heteroatoms. The molecule has 0 fully saturated rings. The van der Waals surface area contributed by atoms with Gasteiger partial charge in [0, 0.05) is 10.6 Å². The zero-order valence-corrected chi connectivity index (χ0v) is 12.7. The van der Waals surface area contributed by atoms with Crippen LogP contribution < -0.4 is 0 Å². The van der Waals surface area contributed by atoms with Gasteiger partial charge in [-0.2, -0.15) is 0 Å². The van der Waals surface area contributed by atoms with Crippen molar-refractivity contribution in [3.05, 3.63) is 46.0 Å². The second-order valence-electron chi connectivity index (χ2n) is 4.13. The summed E-state index contributed by atoms with van der Waals surface area (Å²) in [6.07, 6.45) is 0. The Morgan fingerprint density at radius 1 is 1.48 bits per heavy atom. The topological polar surface area (TPSA) is 57.0 Å². The quantitative estimate of drug-likeness (QED) is 0.624. The molecule has 0 aliphatic heterocycles. The van der Waals surface area contributed by atoms with Gasteiger partial charge < -0.3 is 4.74 Å². The highest BCUT2D eigenvalue weighted by Crippen LogP contribution is 2.18. The van der Waals surface area contributed by atoms with Crippen LogP contribution in [-0.2, 0) is 17.2 Å². The minimum Gasteiger partial charge on any atom is -0.461 e. The van der Waals surface area contributed by atoms with E-state index < -0.39 is 11.8 Å². The summed E-state index contributed by atoms with van der Waals surface area (Å²) in [7, 11) is 0. The number of rotatable bonds is 5. The third kappa shape index (κ3) is 3.51. The number of ether oxygens (including phenoxy) is 1. The summed E-state index contributed by atoms with van der Waals surface area (Å²) in [6, 6.07) is 4.20. The minimum atomic E-state index is -0.606. The standard InChI is InChI=1S/C13H12Cl2FN3O2/c1-2-21-13(20)12-11(6-14)19(18-17-12)7-8-5-9(15)3-4-10(8)16/h3-5H,2,6-7H2,1H3. The van der Waals surface area contributed by atoms with Crippen LogP contribution in [0.25, 0.3) is 0 Å². The van der Waals surface area contributed by atoms with Crippen LogP contribution in [0, 0.1) is 5.82 Å². The summed E-state index contributed by atoms with van der Waals surface area (Å²) >= 11 is 11.7. The molecule has 0 unspecified atom stereocenters. The zero-order chi connectivity index (χ0) is 15.4. The molecule has 0 saturated carbocycles. The second-order valence-corrected chi connectivity index (χ2v) is 4.84. The fourth-order valence-corrected chi connectivity index (χ4v) is 2.24. The summed E-state index contributed by atoms with van der Waals surface area (Å²) in [5.41, 5.74) is 0.734. The molecule has 0 amide bonds. The highest BCUT2D eigenvalue weighted by atomic mass is 35.5. The molecule has 0 radical (unpaired) electrons. The lowest BCUT2D eigenvalue weighted by molar-refractivity contribution is 0.0518. The largest absolute Gasteiger partial charge is 0.461 e. The molecule has 21 heavy (non-hydrogen) atoms. The third-order valence-electron chi connectivity index (χ3n) is 2.76. The van der Waals surface area contributed by atoms with Gasteiger partial charge in [-0.25, -0.2) is 13.9 Å². The van der Waals surface area contributed by atoms with Gasteiger partial charge in [0.05, 0.1) is 24.7 Å². The molecule has 1 aromatic heterocycles. The molecule has 0 saturated heterocycles. The first-order valence-corrected chi connectivity index (χ1v) is 7.07. The lowest BCUT2D eigenvalue weighted by atomic mass is 10.2. The smallest absolute Gasteiger partial charge is 0.360 e. The van der Waals surface area contributed by atoms with E-state index in [0.29, 0.717) is 16.3 Å². The van der Waals surface area contributed by atoms with Gasteiger partial charge in [0.2, 0.25) is 0 Å². The summed E-state index contributed by atoms with van der Waals surface area (Å²) in [5, 5.41) is 7.99. The molecule has 112 valence electrons. The highest BCUT2D eigenvalue weighted by molar-refractivity contribution is 6.30. The van der Waals surface area contributed by atoms with E-state index in [9.17, 15) is 9.18 Å². The van der Waals surface area contributed by atoms with Crippen LogP contribution >= 0.6 is 23.2 Å². The van der Waals surface area contributed by atoms with E-state index in [2.05, 4.69) is 10.3 Å². The van der Waals surface area contributed by atoms with Gasteiger partial charge in [-0.15, -0.1) is 16.7 Å². The number of benzene rings is 1. The van der Waals surface area contributed by atoms with Gasteiger partial charge in [-0.3, -0.25) is 0 Å². The van der Waals surface area contributed by atoms with E-state index in [1.165, 1.54) is 22.9 Å². The summed E-state index contributed by atoms with van der Waals surface area (Å²) in [6.45, 7) is 1.97. The van der Waals surface area contributed by atoms with Gasteiger partial charge in [-0.1, -0.05) is 16.8 Å². The van der Waals surface area contributed by atoms with E-state index in [1.54, 1.807) is 6.92 Å². The Morgan fingerprint density at radius 2 is 2.24 bits per heavy atom. The molecular weight excluding hydrogens is 320 g/mol. The Labute approximate surface area is 130 Å². The van der Waals surface area contributed by atoms with Gasteiger partial charge in [-0.05, 0) is 25.1 Å². The maximum absolute atomic E-state index is 13.7. The van der Waals surface area contributed by atoms with Gasteiger partial charge in [0.15, 0.2) is 5.69 Å². The van der Waals surface area contributed by atoms with Crippen molar-refractivity contribution in [2.45, 2.75) is 19.3 Å². The molecule has 0 N–H and O–H groups in total. The number of aromatic nitrogens is 3. The monoisotopic (exact) mass is 331 g/mol. The van der Waals surface area contributed by atoms with Gasteiger partial charge >= 0.3 is 5.97 Å². The number of esters is 1. The first kappa shape index (κ1) is 15.7. The normalized spacial score (nSPS) is 10.7. The fraction of sp³-hybridized carbons (Fsp3) is 0.308. The number of carbonyl (C=O) groups excluding carboxylic acids is 1. The van der Waals surface area contributed by atoms with E-state index in [0.717, 1.165) is 0 Å². The molecule has 5 nitrogen and oxygen atoms in total. The van der Waals surface area contributed by atoms with Crippen molar-refractivity contribution in [1.29, 1.82) is 0 Å². The van der Waals surface area contributed by atoms with Crippen molar-refractivity contribution in [3.8, 4) is 0 Å². The predicted molar refractivity (Wildman–Crippen MR) is 76.0 cm³/mol. The molecule has 0 bridgehead atoms. The number of halogens is 3. The van der Waals surface area contributed by atoms with E-state index >= 15 is 0 Å². The van der Waals surface area contributed by atoms with E-state index in [-0.39, 0.29) is 24.7 Å². The molecule has 0 atom stereocenters. The Bertz CT molecular complexity index is 661. The Kier molecular flexibility index (Phi) is 5.14. The van der Waals surface area contributed by atoms with Crippen LogP contribution in [-0.4, -0.2) is 27.6 Å². The maximum Gasteiger partial charge on any atom is 0.360 e. The molecule has 1 aromatic carbocycles. The van der Waals surface area contributed by atoms with Crippen molar-refractivity contribution in [2.24, 2.45) is 0 Å². The van der Waals surface area contributed by atoms with E-state index in [1.807, 2.05) is 0 Å². The van der Waals surface area contributed by atoms with Crippen molar-refractivity contribution < 1.29 is 13.9 Å². The lowest BCUT2D eigenvalue weighted by Gasteiger charge is -2.07. The van der Waals surface area contributed by atoms with Crippen LogP contribution in [0.1, 0.15) is 28.7 Å². The summed E-state index contributed by atoms with van der Waals surface area (Å²) in [5.74, 6) is -1.03. The third-order valence-corrected chi connectivity index (χ3v) is 3.25. The Balaban J connectivity index is 2.32. The molecule has 1 heterocycles. The van der Waals surface area contributed by atoms with Crippen LogP contribution in [0.5, 0.6) is 0 Å². The first-order valence-electron chi connectivity index (χ1n) is 6.16. The summed E-state index contributed by atoms with van der Waals surface area (Å²) < 4.78 is 20.0. The van der Waals surface area contributed by atoms with Gasteiger partial charge in [0.25, 0.3) is 0 Å². The van der Waals surface area contributed by atoms with Crippen molar-refractivity contribution >= 4 is 29.2 Å². The maximum atomic E-state index is 13.7. The van der Waals surface area contributed by atoms with Gasteiger partial charge in [0.1, 0.15) is 5.82 Å². The van der Waals surface area contributed by atoms with Crippen molar-refractivity contribution in [2.75, 3.05) is 6.61 Å². The Hall–Kier alpha value is -1.66. The summed E-state index contributed by atoms with van der Waals surface area (Å²) in [4.78, 5) is 11.7. The van der Waals surface area contributed by atoms with Crippen LogP contribution in [0.15, 0.2) is 18.2 Å². The second kappa shape index (κ2) is 6.87. The molecular formula is C13H12Cl2FN3O2. The minimum absolute atomic E-state index is 0.00331. The number of nitrogens with zero attached hydrogens (tertiary/aromatic N) is 3. The highest BCUT2D eigenvalue weighted by Gasteiger charge is 2.20.